The molecule has 1 amide bonds. The minimum absolute atomic E-state index is 0.124. The van der Waals surface area contributed by atoms with E-state index in [2.05, 4.69) is 16.3 Å². The number of nitrogens with one attached hydrogen (secondary N) is 1. The Morgan fingerprint density at radius 1 is 1.47 bits per heavy atom. The van der Waals surface area contributed by atoms with E-state index in [1.54, 1.807) is 0 Å². The molecule has 0 radical (unpaired) electrons. The van der Waals surface area contributed by atoms with Crippen molar-refractivity contribution in [3.63, 3.8) is 0 Å². The second-order valence-corrected chi connectivity index (χ2v) is 5.76. The summed E-state index contributed by atoms with van der Waals surface area (Å²) in [5.74, 6) is 0.854. The van der Waals surface area contributed by atoms with Crippen LogP contribution in [-0.4, -0.2) is 25.5 Å². The summed E-state index contributed by atoms with van der Waals surface area (Å²) in [5.41, 5.74) is 10.3. The van der Waals surface area contributed by atoms with Gasteiger partial charge in [0.15, 0.2) is 0 Å². The number of rotatable bonds is 4. The lowest BCUT2D eigenvalue weighted by molar-refractivity contribution is -0.119. The molecule has 0 atom stereocenters. The smallest absolute Gasteiger partial charge is 0.239 e. The molecule has 1 heterocycles. The third-order valence-electron chi connectivity index (χ3n) is 4.08. The fourth-order valence-electron chi connectivity index (χ4n) is 2.62. The van der Waals surface area contributed by atoms with Gasteiger partial charge in [-0.15, -0.1) is 0 Å². The highest BCUT2D eigenvalue weighted by Gasteiger charge is 2.24. The van der Waals surface area contributed by atoms with Crippen molar-refractivity contribution in [1.29, 1.82) is 0 Å². The van der Waals surface area contributed by atoms with Crippen molar-refractivity contribution in [3.8, 4) is 0 Å². The van der Waals surface area contributed by atoms with Crippen LogP contribution in [0, 0.1) is 12.8 Å². The number of aryl methyl sites for hydroxylation is 1. The molecular formula is C15H21N3O. The highest BCUT2D eigenvalue weighted by Crippen LogP contribution is 2.31. The van der Waals surface area contributed by atoms with E-state index in [1.165, 1.54) is 18.4 Å². The minimum atomic E-state index is 0.124. The number of hydrogen-bond acceptors (Lipinski definition) is 3. The van der Waals surface area contributed by atoms with Gasteiger partial charge in [0.1, 0.15) is 0 Å². The monoisotopic (exact) mass is 259 g/mol. The van der Waals surface area contributed by atoms with Gasteiger partial charge in [-0.25, -0.2) is 0 Å². The van der Waals surface area contributed by atoms with Crippen molar-refractivity contribution in [2.45, 2.75) is 26.2 Å². The SMILES string of the molecule is Cc1cc2c(cc1N)N(CC(=O)NCC1CC1)CC2. The molecule has 0 unspecified atom stereocenters. The summed E-state index contributed by atoms with van der Waals surface area (Å²) < 4.78 is 0. The van der Waals surface area contributed by atoms with Gasteiger partial charge in [0, 0.05) is 24.5 Å². The number of anilines is 2. The molecule has 2 aliphatic rings. The molecule has 102 valence electrons. The summed E-state index contributed by atoms with van der Waals surface area (Å²) in [4.78, 5) is 14.0. The number of nitrogens with two attached hydrogens (primary N) is 1. The molecular weight excluding hydrogens is 238 g/mol. The Labute approximate surface area is 114 Å². The van der Waals surface area contributed by atoms with E-state index in [0.29, 0.717) is 6.54 Å². The number of carbonyl (C=O) groups excluding carboxylic acids is 1. The van der Waals surface area contributed by atoms with Gasteiger partial charge in [-0.2, -0.15) is 0 Å². The third kappa shape index (κ3) is 2.67. The molecule has 0 saturated heterocycles. The first-order chi connectivity index (χ1) is 9.13. The molecule has 3 rings (SSSR count). The van der Waals surface area contributed by atoms with Crippen molar-refractivity contribution < 1.29 is 4.79 Å². The largest absolute Gasteiger partial charge is 0.398 e. The van der Waals surface area contributed by atoms with Gasteiger partial charge in [-0.3, -0.25) is 4.79 Å². The highest BCUT2D eigenvalue weighted by atomic mass is 16.2. The van der Waals surface area contributed by atoms with Crippen LogP contribution >= 0.6 is 0 Å². The molecule has 1 saturated carbocycles. The zero-order valence-electron chi connectivity index (χ0n) is 11.4. The van der Waals surface area contributed by atoms with Crippen LogP contribution in [0.5, 0.6) is 0 Å². The first kappa shape index (κ1) is 12.3. The van der Waals surface area contributed by atoms with Gasteiger partial charge >= 0.3 is 0 Å². The van der Waals surface area contributed by atoms with Gasteiger partial charge in [0.2, 0.25) is 5.91 Å². The predicted octanol–water partition coefficient (Wildman–Crippen LogP) is 1.47. The fraction of sp³-hybridized carbons (Fsp3) is 0.533. The Bertz CT molecular complexity index is 508. The van der Waals surface area contributed by atoms with E-state index in [1.807, 2.05) is 13.0 Å². The zero-order valence-corrected chi connectivity index (χ0v) is 11.4. The number of amides is 1. The lowest BCUT2D eigenvalue weighted by Crippen LogP contribution is -2.37. The molecule has 4 heteroatoms. The molecule has 4 nitrogen and oxygen atoms in total. The average molecular weight is 259 g/mol. The predicted molar refractivity (Wildman–Crippen MR) is 77.2 cm³/mol. The van der Waals surface area contributed by atoms with E-state index in [4.69, 9.17) is 5.73 Å². The maximum atomic E-state index is 11.9. The maximum absolute atomic E-state index is 11.9. The standard InChI is InChI=1S/C15H21N3O/c1-10-6-12-4-5-18(14(12)7-13(10)16)9-15(19)17-8-11-2-3-11/h6-7,11H,2-5,8-9,16H2,1H3,(H,17,19). The molecule has 1 aliphatic heterocycles. The van der Waals surface area contributed by atoms with Gasteiger partial charge in [-0.1, -0.05) is 6.07 Å². The molecule has 0 aromatic heterocycles. The van der Waals surface area contributed by atoms with Crippen molar-refractivity contribution in [3.05, 3.63) is 23.3 Å². The van der Waals surface area contributed by atoms with Crippen LogP contribution in [0.4, 0.5) is 11.4 Å². The lowest BCUT2D eigenvalue weighted by atomic mass is 10.1. The molecule has 1 aromatic rings. The number of hydrogen-bond donors (Lipinski definition) is 2. The van der Waals surface area contributed by atoms with Crippen LogP contribution in [0.3, 0.4) is 0 Å². The Morgan fingerprint density at radius 3 is 3.00 bits per heavy atom. The summed E-state index contributed by atoms with van der Waals surface area (Å²) in [7, 11) is 0. The van der Waals surface area contributed by atoms with Crippen molar-refractivity contribution in [1.82, 2.24) is 5.32 Å². The van der Waals surface area contributed by atoms with Crippen LogP contribution in [0.25, 0.3) is 0 Å². The molecule has 3 N–H and O–H groups in total. The summed E-state index contributed by atoms with van der Waals surface area (Å²) >= 11 is 0. The van der Waals surface area contributed by atoms with Gasteiger partial charge in [0.05, 0.1) is 6.54 Å². The topological polar surface area (TPSA) is 58.4 Å². The van der Waals surface area contributed by atoms with Gasteiger partial charge < -0.3 is 16.0 Å². The molecule has 1 aliphatic carbocycles. The Hall–Kier alpha value is -1.71. The highest BCUT2D eigenvalue weighted by molar-refractivity contribution is 5.83. The number of carbonyl (C=O) groups is 1. The van der Waals surface area contributed by atoms with Crippen molar-refractivity contribution in [2.75, 3.05) is 30.3 Å². The summed E-state index contributed by atoms with van der Waals surface area (Å²) in [5, 5.41) is 3.02. The number of fused-ring (bicyclic) bond motifs is 1. The van der Waals surface area contributed by atoms with E-state index in [9.17, 15) is 4.79 Å². The molecule has 0 bridgehead atoms. The van der Waals surface area contributed by atoms with E-state index in [0.717, 1.165) is 42.4 Å². The maximum Gasteiger partial charge on any atom is 0.239 e. The lowest BCUT2D eigenvalue weighted by Gasteiger charge is -2.19. The van der Waals surface area contributed by atoms with E-state index < -0.39 is 0 Å². The average Bonchev–Trinajstić information content (AvgIpc) is 3.14. The molecule has 19 heavy (non-hydrogen) atoms. The van der Waals surface area contributed by atoms with Crippen LogP contribution < -0.4 is 16.0 Å². The second-order valence-electron chi connectivity index (χ2n) is 5.76. The molecule has 0 spiro atoms. The molecule has 1 fully saturated rings. The van der Waals surface area contributed by atoms with Crippen molar-refractivity contribution in [2.24, 2.45) is 5.92 Å². The van der Waals surface area contributed by atoms with Gasteiger partial charge in [-0.05, 0) is 49.3 Å². The first-order valence-electron chi connectivity index (χ1n) is 7.04. The van der Waals surface area contributed by atoms with Crippen LogP contribution in [0.2, 0.25) is 0 Å². The summed E-state index contributed by atoms with van der Waals surface area (Å²) in [6.07, 6.45) is 3.54. The second kappa shape index (κ2) is 4.76. The van der Waals surface area contributed by atoms with Crippen molar-refractivity contribution >= 4 is 17.3 Å². The third-order valence-corrected chi connectivity index (χ3v) is 4.08. The summed E-state index contributed by atoms with van der Waals surface area (Å²) in [6, 6.07) is 4.15. The Morgan fingerprint density at radius 2 is 2.26 bits per heavy atom. The van der Waals surface area contributed by atoms with E-state index >= 15 is 0 Å². The van der Waals surface area contributed by atoms with E-state index in [-0.39, 0.29) is 5.91 Å². The minimum Gasteiger partial charge on any atom is -0.398 e. The number of nitrogens with zero attached hydrogens (tertiary/aromatic N) is 1. The normalized spacial score (nSPS) is 17.4. The van der Waals surface area contributed by atoms with Crippen LogP contribution in [-0.2, 0) is 11.2 Å². The molecule has 1 aromatic carbocycles. The quantitative estimate of drug-likeness (QED) is 0.805. The van der Waals surface area contributed by atoms with Crippen LogP contribution in [0.15, 0.2) is 12.1 Å². The fourth-order valence-corrected chi connectivity index (χ4v) is 2.62. The zero-order chi connectivity index (χ0) is 13.4. The Kier molecular flexibility index (Phi) is 3.09. The number of benzene rings is 1. The van der Waals surface area contributed by atoms with Gasteiger partial charge in [0.25, 0.3) is 0 Å². The summed E-state index contributed by atoms with van der Waals surface area (Å²) in [6.45, 7) is 4.23. The van der Waals surface area contributed by atoms with Crippen LogP contribution in [0.1, 0.15) is 24.0 Å². The Balaban J connectivity index is 1.64. The first-order valence-corrected chi connectivity index (χ1v) is 7.04. The number of nitrogen functional groups attached to an aromatic ring is 1.